The molecule has 0 spiro atoms. The highest BCUT2D eigenvalue weighted by Crippen LogP contribution is 2.33. The second-order valence-electron chi connectivity index (χ2n) is 6.48. The molecule has 0 atom stereocenters. The highest BCUT2D eigenvalue weighted by molar-refractivity contribution is 9.10. The van der Waals surface area contributed by atoms with E-state index in [0.29, 0.717) is 23.1 Å². The third kappa shape index (κ3) is 7.55. The number of methoxy groups -OCH3 is 1. The zero-order valence-corrected chi connectivity index (χ0v) is 21.7. The smallest absolute Gasteiger partial charge is 0.250 e. The first-order chi connectivity index (χ1) is 15.4. The van der Waals surface area contributed by atoms with Crippen molar-refractivity contribution >= 4 is 67.3 Å². The van der Waals surface area contributed by atoms with Gasteiger partial charge in [-0.15, -0.1) is 11.8 Å². The molecule has 3 aromatic rings. The second-order valence-corrected chi connectivity index (χ2v) is 9.73. The maximum absolute atomic E-state index is 12.0. The summed E-state index contributed by atoms with van der Waals surface area (Å²) in [5.74, 6) is 1.20. The molecule has 0 saturated heterocycles. The van der Waals surface area contributed by atoms with Gasteiger partial charge in [-0.2, -0.15) is 5.10 Å². The van der Waals surface area contributed by atoms with Gasteiger partial charge in [-0.1, -0.05) is 39.7 Å². The van der Waals surface area contributed by atoms with Crippen LogP contribution in [0.4, 0.5) is 0 Å². The molecule has 3 rings (SSSR count). The van der Waals surface area contributed by atoms with E-state index in [2.05, 4.69) is 42.4 Å². The summed E-state index contributed by atoms with van der Waals surface area (Å²) in [7, 11) is 1.58. The third-order valence-corrected chi connectivity index (χ3v) is 6.65. The fourth-order valence-electron chi connectivity index (χ4n) is 2.55. The van der Waals surface area contributed by atoms with Crippen molar-refractivity contribution in [1.82, 2.24) is 5.43 Å². The highest BCUT2D eigenvalue weighted by atomic mass is 79.9. The fourth-order valence-corrected chi connectivity index (χ4v) is 4.06. The number of amides is 1. The van der Waals surface area contributed by atoms with Crippen molar-refractivity contribution in [2.24, 2.45) is 5.10 Å². The molecule has 166 valence electrons. The second kappa shape index (κ2) is 12.3. The van der Waals surface area contributed by atoms with Crippen molar-refractivity contribution in [2.45, 2.75) is 11.5 Å². The van der Waals surface area contributed by atoms with Gasteiger partial charge in [-0.05, 0) is 70.0 Å². The lowest BCUT2D eigenvalue weighted by atomic mass is 10.2. The van der Waals surface area contributed by atoms with E-state index in [1.807, 2.05) is 42.5 Å². The van der Waals surface area contributed by atoms with E-state index in [1.165, 1.54) is 11.8 Å². The van der Waals surface area contributed by atoms with Crippen LogP contribution in [0.3, 0.4) is 0 Å². The van der Waals surface area contributed by atoms with Gasteiger partial charge in [0.05, 0.1) is 19.1 Å². The number of benzene rings is 3. The normalized spacial score (nSPS) is 10.9. The van der Waals surface area contributed by atoms with Gasteiger partial charge in [0.15, 0.2) is 11.5 Å². The number of carbonyl (C=O) groups is 1. The lowest BCUT2D eigenvalue weighted by molar-refractivity contribution is -0.118. The molecule has 0 aliphatic heterocycles. The Labute approximate surface area is 212 Å². The first-order valence-electron chi connectivity index (χ1n) is 9.39. The number of ether oxygens (including phenoxy) is 2. The van der Waals surface area contributed by atoms with Crippen molar-refractivity contribution in [1.29, 1.82) is 0 Å². The average Bonchev–Trinajstić information content (AvgIpc) is 2.79. The minimum Gasteiger partial charge on any atom is -0.493 e. The van der Waals surface area contributed by atoms with Crippen molar-refractivity contribution in [2.75, 3.05) is 12.9 Å². The summed E-state index contributed by atoms with van der Waals surface area (Å²) in [6.07, 6.45) is 1.55. The molecule has 0 bridgehead atoms. The summed E-state index contributed by atoms with van der Waals surface area (Å²) in [4.78, 5) is 13.0. The number of carbonyl (C=O) groups excluding carboxylic acids is 1. The molecule has 0 fully saturated rings. The standard InChI is InChI=1S/C23H19Br2ClN2O3S/c1-30-21-10-16(12-27-28-23(29)14-32-19-8-6-18(26)7-9-19)20(25)11-22(21)31-13-15-2-4-17(24)5-3-15/h2-12H,13-14H2,1H3,(H,28,29)/b27-12-. The number of nitrogens with zero attached hydrogens (tertiary/aromatic N) is 1. The number of thioether (sulfide) groups is 1. The molecule has 0 radical (unpaired) electrons. The quantitative estimate of drug-likeness (QED) is 0.169. The number of hydrogen-bond donors (Lipinski definition) is 1. The summed E-state index contributed by atoms with van der Waals surface area (Å²) in [6, 6.07) is 18.8. The zero-order valence-electron chi connectivity index (χ0n) is 17.0. The van der Waals surface area contributed by atoms with Gasteiger partial charge in [-0.25, -0.2) is 5.43 Å². The molecule has 1 N–H and O–H groups in total. The number of nitrogens with one attached hydrogen (secondary N) is 1. The van der Waals surface area contributed by atoms with Crippen LogP contribution >= 0.6 is 55.2 Å². The Hall–Kier alpha value is -2.00. The molecule has 5 nitrogen and oxygen atoms in total. The lowest BCUT2D eigenvalue weighted by Crippen LogP contribution is -2.19. The van der Waals surface area contributed by atoms with E-state index in [9.17, 15) is 4.79 Å². The minimum absolute atomic E-state index is 0.210. The number of hydrogen-bond acceptors (Lipinski definition) is 5. The number of halogens is 3. The van der Waals surface area contributed by atoms with Gasteiger partial charge in [0.2, 0.25) is 5.91 Å². The SMILES string of the molecule is COc1cc(/C=N\NC(=O)CSc2ccc(Cl)cc2)c(Br)cc1OCc1ccc(Br)cc1. The summed E-state index contributed by atoms with van der Waals surface area (Å²) in [5.41, 5.74) is 4.31. The Balaban J connectivity index is 1.57. The Bertz CT molecular complexity index is 1090. The van der Waals surface area contributed by atoms with Crippen molar-refractivity contribution < 1.29 is 14.3 Å². The van der Waals surface area contributed by atoms with Gasteiger partial charge in [0.25, 0.3) is 0 Å². The van der Waals surface area contributed by atoms with E-state index in [0.717, 1.165) is 25.0 Å². The summed E-state index contributed by atoms with van der Waals surface area (Å²) in [6.45, 7) is 0.408. The Kier molecular flexibility index (Phi) is 9.47. The highest BCUT2D eigenvalue weighted by Gasteiger charge is 2.10. The van der Waals surface area contributed by atoms with Crippen molar-refractivity contribution in [3.05, 3.63) is 85.8 Å². The molecule has 32 heavy (non-hydrogen) atoms. The van der Waals surface area contributed by atoms with E-state index in [-0.39, 0.29) is 11.7 Å². The Morgan fingerprint density at radius 3 is 2.50 bits per heavy atom. The van der Waals surface area contributed by atoms with Gasteiger partial charge in [-0.3, -0.25) is 4.79 Å². The average molecular weight is 599 g/mol. The maximum atomic E-state index is 12.0. The monoisotopic (exact) mass is 596 g/mol. The van der Waals surface area contributed by atoms with Crippen molar-refractivity contribution in [3.63, 3.8) is 0 Å². The van der Waals surface area contributed by atoms with Crippen LogP contribution in [0.15, 0.2) is 79.6 Å². The number of rotatable bonds is 9. The topological polar surface area (TPSA) is 59.9 Å². The van der Waals surface area contributed by atoms with Crippen LogP contribution in [0.1, 0.15) is 11.1 Å². The molecule has 0 aliphatic rings. The molecule has 0 heterocycles. The van der Waals surface area contributed by atoms with Crippen LogP contribution < -0.4 is 14.9 Å². The van der Waals surface area contributed by atoms with Gasteiger partial charge in [0, 0.05) is 24.4 Å². The molecule has 0 aromatic heterocycles. The fraction of sp³-hybridized carbons (Fsp3) is 0.130. The van der Waals surface area contributed by atoms with Gasteiger partial charge >= 0.3 is 0 Å². The molecule has 0 unspecified atom stereocenters. The van der Waals surface area contributed by atoms with Crippen LogP contribution in [0.2, 0.25) is 5.02 Å². The zero-order chi connectivity index (χ0) is 22.9. The molecular formula is C23H19Br2ClN2O3S. The summed E-state index contributed by atoms with van der Waals surface area (Å²) in [5, 5.41) is 4.71. The molecule has 9 heteroatoms. The Morgan fingerprint density at radius 2 is 1.81 bits per heavy atom. The van der Waals surface area contributed by atoms with Crippen LogP contribution in [-0.2, 0) is 11.4 Å². The summed E-state index contributed by atoms with van der Waals surface area (Å²) < 4.78 is 13.2. The van der Waals surface area contributed by atoms with Crippen LogP contribution in [-0.4, -0.2) is 25.0 Å². The minimum atomic E-state index is -0.210. The van der Waals surface area contributed by atoms with E-state index < -0.39 is 0 Å². The van der Waals surface area contributed by atoms with E-state index >= 15 is 0 Å². The number of hydrazone groups is 1. The molecule has 0 aliphatic carbocycles. The van der Waals surface area contributed by atoms with Gasteiger partial charge in [0.1, 0.15) is 6.61 Å². The van der Waals surface area contributed by atoms with Gasteiger partial charge < -0.3 is 9.47 Å². The largest absolute Gasteiger partial charge is 0.493 e. The van der Waals surface area contributed by atoms with Crippen molar-refractivity contribution in [3.8, 4) is 11.5 Å². The predicted octanol–water partition coefficient (Wildman–Crippen LogP) is 6.70. The predicted molar refractivity (Wildman–Crippen MR) is 137 cm³/mol. The van der Waals surface area contributed by atoms with E-state index in [1.54, 1.807) is 31.5 Å². The van der Waals surface area contributed by atoms with Crippen LogP contribution in [0.5, 0.6) is 11.5 Å². The first-order valence-corrected chi connectivity index (χ1v) is 12.3. The van der Waals surface area contributed by atoms with Crippen LogP contribution in [0.25, 0.3) is 0 Å². The molecule has 0 saturated carbocycles. The molecule has 1 amide bonds. The first kappa shape index (κ1) is 24.6. The third-order valence-electron chi connectivity index (χ3n) is 4.17. The molecular weight excluding hydrogens is 580 g/mol. The Morgan fingerprint density at radius 1 is 1.09 bits per heavy atom. The van der Waals surface area contributed by atoms with Crippen LogP contribution in [0, 0.1) is 0 Å². The summed E-state index contributed by atoms with van der Waals surface area (Å²) >= 11 is 14.2. The maximum Gasteiger partial charge on any atom is 0.250 e. The lowest BCUT2D eigenvalue weighted by Gasteiger charge is -2.13. The van der Waals surface area contributed by atoms with E-state index in [4.69, 9.17) is 21.1 Å². The molecule has 3 aromatic carbocycles.